The van der Waals surface area contributed by atoms with Gasteiger partial charge in [0.1, 0.15) is 0 Å². The van der Waals surface area contributed by atoms with Crippen LogP contribution in [-0.2, 0) is 23.4 Å². The molecule has 31 heavy (non-hydrogen) atoms. The van der Waals surface area contributed by atoms with Crippen molar-refractivity contribution in [2.75, 3.05) is 4.90 Å². The Balaban J connectivity index is 1.67. The monoisotopic (exact) mass is 477 g/mol. The summed E-state index contributed by atoms with van der Waals surface area (Å²) in [6.45, 7) is 4.39. The third kappa shape index (κ3) is 4.08. The number of aryl methyl sites for hydroxylation is 2. The van der Waals surface area contributed by atoms with Gasteiger partial charge >= 0.3 is 0 Å². The minimum atomic E-state index is -1.90. The standard InChI is InChI=1S/C26H24BrNO3/c1-3-18-8-10-20(11-9-18)24(29)15-26(31)22-14-21(27)12-13-23(22)28(25(26)30)16-19-6-4-17(2)5-7-19/h4-14,31H,3,15-16H2,1-2H3. The van der Waals surface area contributed by atoms with Crippen molar-refractivity contribution < 1.29 is 14.7 Å². The number of anilines is 1. The number of fused-ring (bicyclic) bond motifs is 1. The van der Waals surface area contributed by atoms with Gasteiger partial charge in [0.2, 0.25) is 0 Å². The van der Waals surface area contributed by atoms with Crippen molar-refractivity contribution in [1.82, 2.24) is 0 Å². The SMILES string of the molecule is CCc1ccc(C(=O)CC2(O)C(=O)N(Cc3ccc(C)cc3)c3ccc(Br)cc32)cc1. The van der Waals surface area contributed by atoms with E-state index in [2.05, 4.69) is 15.9 Å². The number of carbonyl (C=O) groups excluding carboxylic acids is 2. The number of ketones is 1. The van der Waals surface area contributed by atoms with Gasteiger partial charge in [0.15, 0.2) is 11.4 Å². The second kappa shape index (κ2) is 8.40. The molecule has 0 radical (unpaired) electrons. The predicted molar refractivity (Wildman–Crippen MR) is 125 cm³/mol. The summed E-state index contributed by atoms with van der Waals surface area (Å²) in [6, 6.07) is 20.6. The fourth-order valence-electron chi connectivity index (χ4n) is 3.99. The molecule has 1 unspecified atom stereocenters. The van der Waals surface area contributed by atoms with Crippen molar-refractivity contribution in [1.29, 1.82) is 0 Å². The largest absolute Gasteiger partial charge is 0.375 e. The summed E-state index contributed by atoms with van der Waals surface area (Å²) in [6.07, 6.45) is 0.581. The molecule has 5 heteroatoms. The first-order valence-corrected chi connectivity index (χ1v) is 11.1. The number of amides is 1. The Kier molecular flexibility index (Phi) is 5.82. The molecule has 0 bridgehead atoms. The number of hydrogen-bond acceptors (Lipinski definition) is 3. The molecule has 1 aliphatic heterocycles. The third-order valence-corrected chi connectivity index (χ3v) is 6.35. The lowest BCUT2D eigenvalue weighted by atomic mass is 9.88. The molecule has 0 aliphatic carbocycles. The van der Waals surface area contributed by atoms with E-state index in [4.69, 9.17) is 0 Å². The zero-order valence-corrected chi connectivity index (χ0v) is 19.1. The lowest BCUT2D eigenvalue weighted by molar-refractivity contribution is -0.136. The van der Waals surface area contributed by atoms with Crippen LogP contribution in [0.1, 0.15) is 46.0 Å². The van der Waals surface area contributed by atoms with Crippen LogP contribution in [0.5, 0.6) is 0 Å². The van der Waals surface area contributed by atoms with Crippen molar-refractivity contribution in [3.05, 3.63) is 99.0 Å². The molecule has 3 aromatic rings. The number of aliphatic hydroxyl groups is 1. The van der Waals surface area contributed by atoms with Gasteiger partial charge in [-0.15, -0.1) is 0 Å². The van der Waals surface area contributed by atoms with Crippen molar-refractivity contribution in [2.24, 2.45) is 0 Å². The molecular formula is C26H24BrNO3. The van der Waals surface area contributed by atoms with Gasteiger partial charge in [0.25, 0.3) is 5.91 Å². The van der Waals surface area contributed by atoms with Crippen LogP contribution in [0.3, 0.4) is 0 Å². The number of benzene rings is 3. The number of hydrogen-bond donors (Lipinski definition) is 1. The average Bonchev–Trinajstić information content (AvgIpc) is 2.96. The first-order valence-electron chi connectivity index (χ1n) is 10.3. The Hall–Kier alpha value is -2.76. The van der Waals surface area contributed by atoms with Crippen LogP contribution in [0.2, 0.25) is 0 Å². The van der Waals surface area contributed by atoms with Gasteiger partial charge in [-0.2, -0.15) is 0 Å². The molecule has 0 spiro atoms. The quantitative estimate of drug-likeness (QED) is 0.488. The Bertz CT molecular complexity index is 1140. The van der Waals surface area contributed by atoms with E-state index < -0.39 is 11.5 Å². The molecule has 0 fully saturated rings. The highest BCUT2D eigenvalue weighted by atomic mass is 79.9. The lowest BCUT2D eigenvalue weighted by Gasteiger charge is -2.23. The molecule has 4 nitrogen and oxygen atoms in total. The highest BCUT2D eigenvalue weighted by Crippen LogP contribution is 2.44. The van der Waals surface area contributed by atoms with E-state index >= 15 is 0 Å². The summed E-state index contributed by atoms with van der Waals surface area (Å²) in [7, 11) is 0. The van der Waals surface area contributed by atoms with Crippen LogP contribution in [0.25, 0.3) is 0 Å². The summed E-state index contributed by atoms with van der Waals surface area (Å²) < 4.78 is 0.745. The third-order valence-electron chi connectivity index (χ3n) is 5.86. The van der Waals surface area contributed by atoms with Crippen LogP contribution < -0.4 is 4.90 Å². The Morgan fingerprint density at radius 1 is 1.00 bits per heavy atom. The van der Waals surface area contributed by atoms with E-state index in [1.54, 1.807) is 23.1 Å². The number of nitrogens with zero attached hydrogens (tertiary/aromatic N) is 1. The van der Waals surface area contributed by atoms with E-state index in [0.717, 1.165) is 27.6 Å². The summed E-state index contributed by atoms with van der Waals surface area (Å²) in [5, 5.41) is 11.5. The minimum absolute atomic E-state index is 0.262. The van der Waals surface area contributed by atoms with Crippen LogP contribution in [0, 0.1) is 6.92 Å². The molecule has 1 aliphatic rings. The normalized spacial score (nSPS) is 17.7. The zero-order chi connectivity index (χ0) is 22.2. The Morgan fingerprint density at radius 3 is 2.29 bits per heavy atom. The highest BCUT2D eigenvalue weighted by molar-refractivity contribution is 9.10. The molecule has 4 rings (SSSR count). The molecule has 0 saturated heterocycles. The van der Waals surface area contributed by atoms with Gasteiger partial charge in [-0.3, -0.25) is 9.59 Å². The maximum Gasteiger partial charge on any atom is 0.264 e. The Labute approximate surface area is 190 Å². The van der Waals surface area contributed by atoms with Gasteiger partial charge in [-0.1, -0.05) is 76.9 Å². The second-order valence-electron chi connectivity index (χ2n) is 8.05. The number of carbonyl (C=O) groups is 2. The molecule has 1 atom stereocenters. The topological polar surface area (TPSA) is 57.6 Å². The molecule has 1 N–H and O–H groups in total. The molecular weight excluding hydrogens is 454 g/mol. The van der Waals surface area contributed by atoms with E-state index in [1.807, 2.05) is 62.4 Å². The predicted octanol–water partition coefficient (Wildman–Crippen LogP) is 5.33. The average molecular weight is 478 g/mol. The summed E-state index contributed by atoms with van der Waals surface area (Å²) in [5.41, 5.74) is 2.90. The fraction of sp³-hybridized carbons (Fsp3) is 0.231. The van der Waals surface area contributed by atoms with E-state index in [-0.39, 0.29) is 12.2 Å². The number of halogens is 1. The lowest BCUT2D eigenvalue weighted by Crippen LogP contribution is -2.41. The van der Waals surface area contributed by atoms with E-state index in [1.165, 1.54) is 0 Å². The highest BCUT2D eigenvalue weighted by Gasteiger charge is 2.51. The van der Waals surface area contributed by atoms with Crippen LogP contribution in [0.15, 0.2) is 71.2 Å². The summed E-state index contributed by atoms with van der Waals surface area (Å²) >= 11 is 3.43. The smallest absolute Gasteiger partial charge is 0.264 e. The summed E-state index contributed by atoms with van der Waals surface area (Å²) in [4.78, 5) is 28.0. The van der Waals surface area contributed by atoms with Crippen molar-refractivity contribution in [2.45, 2.75) is 38.8 Å². The second-order valence-corrected chi connectivity index (χ2v) is 8.96. The molecule has 0 aromatic heterocycles. The van der Waals surface area contributed by atoms with Crippen LogP contribution >= 0.6 is 15.9 Å². The maximum atomic E-state index is 13.4. The molecule has 158 valence electrons. The van der Waals surface area contributed by atoms with Crippen molar-refractivity contribution in [3.8, 4) is 0 Å². The minimum Gasteiger partial charge on any atom is -0.375 e. The van der Waals surface area contributed by atoms with Gasteiger partial charge in [-0.05, 0) is 42.7 Å². The molecule has 0 saturated carbocycles. The first kappa shape index (κ1) is 21.5. The van der Waals surface area contributed by atoms with Crippen molar-refractivity contribution >= 4 is 33.3 Å². The van der Waals surface area contributed by atoms with Crippen LogP contribution in [-0.4, -0.2) is 16.8 Å². The van der Waals surface area contributed by atoms with E-state index in [0.29, 0.717) is 23.4 Å². The van der Waals surface area contributed by atoms with Crippen LogP contribution in [0.4, 0.5) is 5.69 Å². The Morgan fingerprint density at radius 2 is 1.65 bits per heavy atom. The summed E-state index contributed by atoms with van der Waals surface area (Å²) in [5.74, 6) is -0.735. The maximum absolute atomic E-state index is 13.4. The van der Waals surface area contributed by atoms with Gasteiger partial charge in [0, 0.05) is 15.6 Å². The fourth-order valence-corrected chi connectivity index (χ4v) is 4.35. The number of Topliss-reactive ketones (excluding diaryl/α,β-unsaturated/α-hetero) is 1. The van der Waals surface area contributed by atoms with Gasteiger partial charge < -0.3 is 10.0 Å². The van der Waals surface area contributed by atoms with E-state index in [9.17, 15) is 14.7 Å². The number of rotatable bonds is 6. The molecule has 1 heterocycles. The first-order chi connectivity index (χ1) is 14.8. The van der Waals surface area contributed by atoms with Gasteiger partial charge in [-0.25, -0.2) is 0 Å². The van der Waals surface area contributed by atoms with Crippen molar-refractivity contribution in [3.63, 3.8) is 0 Å². The van der Waals surface area contributed by atoms with Gasteiger partial charge in [0.05, 0.1) is 18.7 Å². The molecule has 3 aromatic carbocycles. The zero-order valence-electron chi connectivity index (χ0n) is 17.6. The molecule has 1 amide bonds.